The van der Waals surface area contributed by atoms with E-state index in [0.29, 0.717) is 40.3 Å². The first kappa shape index (κ1) is 34.6. The third-order valence-electron chi connectivity index (χ3n) is 8.22. The Bertz CT molecular complexity index is 1680. The van der Waals surface area contributed by atoms with Crippen LogP contribution in [0.4, 0.5) is 4.79 Å². The molecule has 6 rings (SSSR count). The quantitative estimate of drug-likeness (QED) is 0.248. The number of carbonyl (C=O) groups is 1. The summed E-state index contributed by atoms with van der Waals surface area (Å²) in [6.07, 6.45) is -2.11. The summed E-state index contributed by atoms with van der Waals surface area (Å²) in [5, 5.41) is 18.4. The van der Waals surface area contributed by atoms with Gasteiger partial charge in [0.25, 0.3) is 0 Å². The minimum absolute atomic E-state index is 0.00282. The van der Waals surface area contributed by atoms with E-state index in [1.54, 1.807) is 30.3 Å². The fraction of sp³-hybridized carbons (Fsp3) is 0.516. The first-order valence-corrected chi connectivity index (χ1v) is 18.1. The molecule has 3 aromatic rings. The summed E-state index contributed by atoms with van der Waals surface area (Å²) in [7, 11) is -4.08. The van der Waals surface area contributed by atoms with Crippen molar-refractivity contribution >= 4 is 39.2 Å². The smallest absolute Gasteiger partial charge is 0.407 e. The van der Waals surface area contributed by atoms with Crippen molar-refractivity contribution in [3.8, 4) is 17.2 Å². The van der Waals surface area contributed by atoms with Gasteiger partial charge < -0.3 is 38.8 Å². The van der Waals surface area contributed by atoms with Crippen molar-refractivity contribution < 1.29 is 46.7 Å². The number of ether oxygens (including phenoxy) is 6. The Morgan fingerprint density at radius 2 is 1.94 bits per heavy atom. The third-order valence-corrected chi connectivity index (χ3v) is 11.0. The minimum atomic E-state index is -4.08. The number of benzene rings is 2. The van der Waals surface area contributed by atoms with Crippen molar-refractivity contribution in [3.05, 3.63) is 58.1 Å². The van der Waals surface area contributed by atoms with Crippen LogP contribution >= 0.6 is 23.1 Å². The molecule has 3 unspecified atom stereocenters. The highest BCUT2D eigenvalue weighted by atomic mass is 35.5. The van der Waals surface area contributed by atoms with Gasteiger partial charge in [-0.25, -0.2) is 13.2 Å². The van der Waals surface area contributed by atoms with E-state index in [0.717, 1.165) is 17.1 Å². The molecule has 3 aliphatic heterocycles. The molecule has 0 bridgehead atoms. The molecule has 1 aromatic heterocycles. The molecule has 2 saturated heterocycles. The molecule has 5 atom stereocenters. The highest BCUT2D eigenvalue weighted by Crippen LogP contribution is 2.35. The Morgan fingerprint density at radius 3 is 2.69 bits per heavy atom. The van der Waals surface area contributed by atoms with Crippen LogP contribution in [-0.2, 0) is 37.3 Å². The average Bonchev–Trinajstić information content (AvgIpc) is 3.86. The van der Waals surface area contributed by atoms with Crippen molar-refractivity contribution in [1.82, 2.24) is 19.2 Å². The molecule has 14 nitrogen and oxygen atoms in total. The van der Waals surface area contributed by atoms with Crippen LogP contribution < -0.4 is 19.5 Å². The number of amides is 1. The zero-order chi connectivity index (χ0) is 33.8. The number of nitrogens with zero attached hydrogens (tertiary/aromatic N) is 3. The first-order chi connectivity index (χ1) is 23.1. The Balaban J connectivity index is 1.18. The summed E-state index contributed by atoms with van der Waals surface area (Å²) in [5.74, 6) is 1.20. The summed E-state index contributed by atoms with van der Waals surface area (Å²) in [6, 6.07) is 10.6. The molecule has 260 valence electrons. The van der Waals surface area contributed by atoms with Gasteiger partial charge in [-0.1, -0.05) is 42.1 Å². The molecular formula is C31H37ClN4O10S2. The number of sulfonamides is 1. The molecule has 17 heteroatoms. The molecule has 48 heavy (non-hydrogen) atoms. The zero-order valence-electron chi connectivity index (χ0n) is 26.3. The van der Waals surface area contributed by atoms with Gasteiger partial charge in [-0.05, 0) is 48.6 Å². The fourth-order valence-electron chi connectivity index (χ4n) is 5.76. The molecule has 0 spiro atoms. The van der Waals surface area contributed by atoms with Gasteiger partial charge in [-0.2, -0.15) is 4.31 Å². The molecule has 1 amide bonds. The van der Waals surface area contributed by atoms with E-state index in [-0.39, 0.29) is 56.2 Å². The fourth-order valence-corrected chi connectivity index (χ4v) is 8.00. The van der Waals surface area contributed by atoms with Crippen LogP contribution in [0.15, 0.2) is 47.4 Å². The van der Waals surface area contributed by atoms with E-state index in [1.807, 2.05) is 13.8 Å². The van der Waals surface area contributed by atoms with E-state index < -0.39 is 40.7 Å². The molecule has 0 aliphatic carbocycles. The number of alkyl carbamates (subject to hydrolysis) is 1. The number of fused-ring (bicyclic) bond motifs is 2. The third kappa shape index (κ3) is 8.13. The lowest BCUT2D eigenvalue weighted by Gasteiger charge is -2.31. The van der Waals surface area contributed by atoms with Crippen molar-refractivity contribution in [3.63, 3.8) is 0 Å². The molecule has 2 aromatic carbocycles. The van der Waals surface area contributed by atoms with E-state index >= 15 is 0 Å². The predicted molar refractivity (Wildman–Crippen MR) is 173 cm³/mol. The lowest BCUT2D eigenvalue weighted by molar-refractivity contribution is -0.0907. The minimum Gasteiger partial charge on any atom is -0.487 e. The first-order valence-electron chi connectivity index (χ1n) is 15.5. The Kier molecular flexibility index (Phi) is 10.9. The molecule has 0 saturated carbocycles. The second-order valence-corrected chi connectivity index (χ2v) is 15.4. The van der Waals surface area contributed by atoms with Gasteiger partial charge in [0.15, 0.2) is 17.8 Å². The van der Waals surface area contributed by atoms with Crippen LogP contribution in [0.3, 0.4) is 0 Å². The SMILES string of the molecule is CC(C)CN(C[C@@H](O)[C@H](Cc1ccc(OCc2nnsc2Cl)cc1)NC(=O)OC1COC2OCCC12)S(=O)(=O)c1ccc2c(c1)OCO2. The van der Waals surface area contributed by atoms with Gasteiger partial charge in [0.2, 0.25) is 16.8 Å². The van der Waals surface area contributed by atoms with Crippen LogP contribution in [0.5, 0.6) is 17.2 Å². The Morgan fingerprint density at radius 1 is 1.15 bits per heavy atom. The van der Waals surface area contributed by atoms with Crippen LogP contribution in [0.1, 0.15) is 31.5 Å². The van der Waals surface area contributed by atoms with Crippen LogP contribution in [0.2, 0.25) is 4.34 Å². The lowest BCUT2D eigenvalue weighted by Crippen LogP contribution is -2.51. The van der Waals surface area contributed by atoms with Crippen LogP contribution in [-0.4, -0.2) is 91.1 Å². The van der Waals surface area contributed by atoms with Crippen molar-refractivity contribution in [1.29, 1.82) is 0 Å². The van der Waals surface area contributed by atoms with E-state index in [2.05, 4.69) is 14.9 Å². The summed E-state index contributed by atoms with van der Waals surface area (Å²) >= 11 is 7.14. The number of hydrogen-bond donors (Lipinski definition) is 2. The van der Waals surface area contributed by atoms with Gasteiger partial charge in [0, 0.05) is 30.7 Å². The largest absolute Gasteiger partial charge is 0.487 e. The molecule has 4 heterocycles. The monoisotopic (exact) mass is 724 g/mol. The van der Waals surface area contributed by atoms with Crippen molar-refractivity contribution in [2.75, 3.05) is 33.1 Å². The molecule has 2 N–H and O–H groups in total. The van der Waals surface area contributed by atoms with Gasteiger partial charge in [0.05, 0.1) is 36.2 Å². The molecular weight excluding hydrogens is 688 g/mol. The maximum atomic E-state index is 13.9. The maximum Gasteiger partial charge on any atom is 0.407 e. The molecule has 0 radical (unpaired) electrons. The second kappa shape index (κ2) is 15.1. The number of aromatic nitrogens is 2. The van der Waals surface area contributed by atoms with E-state index in [4.69, 9.17) is 40.0 Å². The summed E-state index contributed by atoms with van der Waals surface area (Å²) < 4.78 is 66.6. The van der Waals surface area contributed by atoms with Gasteiger partial charge in [-0.3, -0.25) is 0 Å². The average molecular weight is 725 g/mol. The topological polar surface area (TPSA) is 168 Å². The van der Waals surface area contributed by atoms with Crippen molar-refractivity contribution in [2.24, 2.45) is 11.8 Å². The standard InChI is InChI=1S/C31H37ClN4O10S2/c1-18(2)13-36(48(39,40)21-7-8-26-27(12-21)45-17-44-26)14-25(37)23(33-31(38)46-28-16-43-30-22(28)9-10-41-30)11-19-3-5-20(6-4-19)42-15-24-29(32)47-35-34-24/h3-8,12,18,22-23,25,28,30,37H,9-11,13-17H2,1-2H3,(H,33,38)/t22?,23-,25+,28?,30?/m0/s1. The number of halogens is 1. The molecule has 3 aliphatic rings. The second-order valence-electron chi connectivity index (χ2n) is 12.1. The van der Waals surface area contributed by atoms with Gasteiger partial charge >= 0.3 is 6.09 Å². The number of rotatable bonds is 14. The Hall–Kier alpha value is -3.25. The highest BCUT2D eigenvalue weighted by molar-refractivity contribution is 7.89. The molecule has 2 fully saturated rings. The van der Waals surface area contributed by atoms with E-state index in [1.165, 1.54) is 16.4 Å². The highest BCUT2D eigenvalue weighted by Gasteiger charge is 2.44. The normalized spacial score (nSPS) is 21.3. The Labute approximate surface area is 287 Å². The maximum absolute atomic E-state index is 13.9. The zero-order valence-corrected chi connectivity index (χ0v) is 28.7. The lowest BCUT2D eigenvalue weighted by atomic mass is 10.0. The summed E-state index contributed by atoms with van der Waals surface area (Å²) in [5.41, 5.74) is 1.28. The van der Waals surface area contributed by atoms with E-state index in [9.17, 15) is 18.3 Å². The summed E-state index contributed by atoms with van der Waals surface area (Å²) in [6.45, 7) is 4.46. The van der Waals surface area contributed by atoms with Gasteiger partial charge in [-0.15, -0.1) is 5.10 Å². The number of hydrogen-bond acceptors (Lipinski definition) is 13. The van der Waals surface area contributed by atoms with Crippen LogP contribution in [0, 0.1) is 11.8 Å². The number of carbonyl (C=O) groups excluding carboxylic acids is 1. The van der Waals surface area contributed by atoms with Crippen LogP contribution in [0.25, 0.3) is 0 Å². The summed E-state index contributed by atoms with van der Waals surface area (Å²) in [4.78, 5) is 13.2. The number of nitrogens with one attached hydrogen (secondary N) is 1. The predicted octanol–water partition coefficient (Wildman–Crippen LogP) is 3.61. The van der Waals surface area contributed by atoms with Gasteiger partial charge in [0.1, 0.15) is 28.5 Å². The number of aliphatic hydroxyl groups is 1. The number of aliphatic hydroxyl groups excluding tert-OH is 1. The van der Waals surface area contributed by atoms with Crippen molar-refractivity contribution in [2.45, 2.75) is 62.7 Å².